The van der Waals surface area contributed by atoms with E-state index in [0.717, 1.165) is 0 Å². The van der Waals surface area contributed by atoms with Gasteiger partial charge in [0.25, 0.3) is 0 Å². The molecule has 0 fully saturated rings. The van der Waals surface area contributed by atoms with Gasteiger partial charge in [-0.05, 0) is 12.1 Å². The Morgan fingerprint density at radius 1 is 1.42 bits per heavy atom. The summed E-state index contributed by atoms with van der Waals surface area (Å²) in [7, 11) is 0. The summed E-state index contributed by atoms with van der Waals surface area (Å²) in [6.07, 6.45) is 3.12. The molecule has 0 atom stereocenters. The standard InChI is InChI=1S/C12H10N4O3/c17-12(18)10-11(13-7-8-4-6-19-15-8)14-9-3-1-2-5-16(9)10/h1-6,13H,7H2,(H,17,18). The number of pyridine rings is 1. The van der Waals surface area contributed by atoms with Crippen molar-refractivity contribution in [3.05, 3.63) is 48.1 Å². The lowest BCUT2D eigenvalue weighted by molar-refractivity contribution is 0.0690. The molecule has 0 saturated carbocycles. The minimum absolute atomic E-state index is 0.0964. The summed E-state index contributed by atoms with van der Waals surface area (Å²) < 4.78 is 6.23. The molecule has 0 unspecified atom stereocenters. The van der Waals surface area contributed by atoms with Crippen LogP contribution in [0.1, 0.15) is 16.2 Å². The Bertz CT molecular complexity index is 718. The second-order valence-corrected chi connectivity index (χ2v) is 3.89. The molecule has 0 amide bonds. The van der Waals surface area contributed by atoms with Gasteiger partial charge < -0.3 is 14.9 Å². The fraction of sp³-hybridized carbons (Fsp3) is 0.0833. The molecule has 0 aliphatic rings. The highest BCUT2D eigenvalue weighted by atomic mass is 16.5. The second kappa shape index (κ2) is 4.45. The van der Waals surface area contributed by atoms with Crippen LogP contribution in [0, 0.1) is 0 Å². The number of carbonyl (C=O) groups is 1. The summed E-state index contributed by atoms with van der Waals surface area (Å²) in [6.45, 7) is 0.348. The minimum Gasteiger partial charge on any atom is -0.476 e. The topological polar surface area (TPSA) is 92.7 Å². The first-order chi connectivity index (χ1) is 9.25. The number of nitrogens with one attached hydrogen (secondary N) is 1. The van der Waals surface area contributed by atoms with Gasteiger partial charge in [0.15, 0.2) is 11.5 Å². The second-order valence-electron chi connectivity index (χ2n) is 3.89. The molecule has 3 aromatic heterocycles. The van der Waals surface area contributed by atoms with Crippen molar-refractivity contribution in [2.75, 3.05) is 5.32 Å². The van der Waals surface area contributed by atoms with Gasteiger partial charge in [-0.25, -0.2) is 9.78 Å². The van der Waals surface area contributed by atoms with Gasteiger partial charge in [0.05, 0.1) is 6.54 Å². The Morgan fingerprint density at radius 2 is 2.32 bits per heavy atom. The number of aromatic carboxylic acids is 1. The maximum atomic E-state index is 11.3. The summed E-state index contributed by atoms with van der Waals surface area (Å²) in [5, 5.41) is 16.0. The molecule has 2 N–H and O–H groups in total. The largest absolute Gasteiger partial charge is 0.476 e. The summed E-state index contributed by atoms with van der Waals surface area (Å²) in [5.41, 5.74) is 1.34. The van der Waals surface area contributed by atoms with Crippen molar-refractivity contribution in [3.8, 4) is 0 Å². The molecule has 0 spiro atoms. The van der Waals surface area contributed by atoms with Crippen LogP contribution in [-0.2, 0) is 6.54 Å². The van der Waals surface area contributed by atoms with Gasteiger partial charge in [0.1, 0.15) is 17.6 Å². The Labute approximate surface area is 107 Å². The molecule has 7 nitrogen and oxygen atoms in total. The van der Waals surface area contributed by atoms with Crippen LogP contribution >= 0.6 is 0 Å². The number of rotatable bonds is 4. The first kappa shape index (κ1) is 11.3. The van der Waals surface area contributed by atoms with Crippen LogP contribution in [0.25, 0.3) is 5.65 Å². The van der Waals surface area contributed by atoms with Gasteiger partial charge in [-0.3, -0.25) is 4.40 Å². The maximum absolute atomic E-state index is 11.3. The number of carboxylic acids is 1. The van der Waals surface area contributed by atoms with E-state index in [1.807, 2.05) is 0 Å². The number of hydrogen-bond donors (Lipinski definition) is 2. The van der Waals surface area contributed by atoms with Gasteiger partial charge in [-0.2, -0.15) is 0 Å². The summed E-state index contributed by atoms with van der Waals surface area (Å²) in [6, 6.07) is 6.99. The van der Waals surface area contributed by atoms with E-state index in [1.54, 1.807) is 30.5 Å². The van der Waals surface area contributed by atoms with Crippen molar-refractivity contribution in [1.29, 1.82) is 0 Å². The molecule has 3 rings (SSSR count). The third kappa shape index (κ3) is 2.01. The minimum atomic E-state index is -1.04. The smallest absolute Gasteiger partial charge is 0.356 e. The van der Waals surface area contributed by atoms with Crippen molar-refractivity contribution in [2.45, 2.75) is 6.54 Å². The van der Waals surface area contributed by atoms with E-state index in [0.29, 0.717) is 23.7 Å². The molecule has 0 aromatic carbocycles. The normalized spacial score (nSPS) is 10.7. The Kier molecular flexibility index (Phi) is 2.64. The number of imidazole rings is 1. The highest BCUT2D eigenvalue weighted by Crippen LogP contribution is 2.18. The zero-order chi connectivity index (χ0) is 13.2. The Morgan fingerprint density at radius 3 is 3.05 bits per heavy atom. The number of anilines is 1. The van der Waals surface area contributed by atoms with Crippen molar-refractivity contribution in [3.63, 3.8) is 0 Å². The quantitative estimate of drug-likeness (QED) is 0.738. The lowest BCUT2D eigenvalue weighted by Crippen LogP contribution is -2.08. The number of hydrogen-bond acceptors (Lipinski definition) is 5. The van der Waals surface area contributed by atoms with E-state index in [1.165, 1.54) is 10.7 Å². The zero-order valence-electron chi connectivity index (χ0n) is 9.78. The first-order valence-corrected chi connectivity index (χ1v) is 5.59. The highest BCUT2D eigenvalue weighted by Gasteiger charge is 2.18. The fourth-order valence-corrected chi connectivity index (χ4v) is 1.83. The molecule has 3 aromatic rings. The zero-order valence-corrected chi connectivity index (χ0v) is 9.78. The molecule has 0 bridgehead atoms. The SMILES string of the molecule is O=C(O)c1c(NCc2ccon2)nc2ccccn12. The lowest BCUT2D eigenvalue weighted by Gasteiger charge is -2.01. The fourth-order valence-electron chi connectivity index (χ4n) is 1.83. The molecule has 19 heavy (non-hydrogen) atoms. The molecule has 0 aliphatic carbocycles. The van der Waals surface area contributed by atoms with Gasteiger partial charge >= 0.3 is 5.97 Å². The maximum Gasteiger partial charge on any atom is 0.356 e. The van der Waals surface area contributed by atoms with Crippen molar-refractivity contribution >= 4 is 17.4 Å². The number of fused-ring (bicyclic) bond motifs is 1. The van der Waals surface area contributed by atoms with E-state index in [-0.39, 0.29) is 5.69 Å². The molecule has 0 aliphatic heterocycles. The first-order valence-electron chi connectivity index (χ1n) is 5.59. The average molecular weight is 258 g/mol. The van der Waals surface area contributed by atoms with E-state index >= 15 is 0 Å². The van der Waals surface area contributed by atoms with E-state index in [9.17, 15) is 9.90 Å². The number of carboxylic acid groups (broad SMARTS) is 1. The van der Waals surface area contributed by atoms with Crippen LogP contribution in [0.4, 0.5) is 5.82 Å². The van der Waals surface area contributed by atoms with Crippen LogP contribution in [0.5, 0.6) is 0 Å². The van der Waals surface area contributed by atoms with E-state index in [2.05, 4.69) is 15.5 Å². The molecule has 0 saturated heterocycles. The third-order valence-corrected chi connectivity index (χ3v) is 2.66. The predicted molar refractivity (Wildman–Crippen MR) is 66.0 cm³/mol. The van der Waals surface area contributed by atoms with Crippen LogP contribution in [0.15, 0.2) is 41.2 Å². The van der Waals surface area contributed by atoms with Crippen LogP contribution < -0.4 is 5.32 Å². The molecule has 0 radical (unpaired) electrons. The van der Waals surface area contributed by atoms with E-state index in [4.69, 9.17) is 4.52 Å². The van der Waals surface area contributed by atoms with Gasteiger partial charge in [0.2, 0.25) is 0 Å². The van der Waals surface area contributed by atoms with Gasteiger partial charge in [0, 0.05) is 12.3 Å². The van der Waals surface area contributed by atoms with Crippen molar-refractivity contribution in [2.24, 2.45) is 0 Å². The van der Waals surface area contributed by atoms with Crippen molar-refractivity contribution in [1.82, 2.24) is 14.5 Å². The third-order valence-electron chi connectivity index (χ3n) is 2.66. The predicted octanol–water partition coefficient (Wildman–Crippen LogP) is 1.63. The van der Waals surface area contributed by atoms with Crippen LogP contribution in [-0.4, -0.2) is 25.6 Å². The van der Waals surface area contributed by atoms with Gasteiger partial charge in [-0.15, -0.1) is 0 Å². The molecular formula is C12H10N4O3. The van der Waals surface area contributed by atoms with E-state index < -0.39 is 5.97 Å². The number of nitrogens with zero attached hydrogens (tertiary/aromatic N) is 3. The Balaban J connectivity index is 1.98. The van der Waals surface area contributed by atoms with Gasteiger partial charge in [-0.1, -0.05) is 11.2 Å². The Hall–Kier alpha value is -2.83. The molecule has 3 heterocycles. The molecule has 7 heteroatoms. The molecule has 96 valence electrons. The summed E-state index contributed by atoms with van der Waals surface area (Å²) in [4.78, 5) is 15.6. The van der Waals surface area contributed by atoms with Crippen LogP contribution in [0.3, 0.4) is 0 Å². The van der Waals surface area contributed by atoms with Crippen LogP contribution in [0.2, 0.25) is 0 Å². The summed E-state index contributed by atoms with van der Waals surface area (Å²) >= 11 is 0. The monoisotopic (exact) mass is 258 g/mol. The highest BCUT2D eigenvalue weighted by molar-refractivity contribution is 5.92. The van der Waals surface area contributed by atoms with Crippen molar-refractivity contribution < 1.29 is 14.4 Å². The average Bonchev–Trinajstić information content (AvgIpc) is 3.03. The summed E-state index contributed by atoms with van der Waals surface area (Å²) in [5.74, 6) is -0.733. The molecular weight excluding hydrogens is 248 g/mol. The lowest BCUT2D eigenvalue weighted by atomic mass is 10.4. The number of aromatic nitrogens is 3.